The van der Waals surface area contributed by atoms with Crippen molar-refractivity contribution in [1.29, 1.82) is 0 Å². The second-order valence-corrected chi connectivity index (χ2v) is 7.21. The largest absolute Gasteiger partial charge is 0.433 e. The number of rotatable bonds is 6. The number of sulfonamides is 1. The molecule has 124 valence electrons. The summed E-state index contributed by atoms with van der Waals surface area (Å²) in [6.07, 6.45) is 1.97. The van der Waals surface area contributed by atoms with Gasteiger partial charge in [0.1, 0.15) is 5.75 Å². The van der Waals surface area contributed by atoms with E-state index >= 15 is 0 Å². The fourth-order valence-electron chi connectivity index (χ4n) is 2.25. The maximum atomic E-state index is 12.2. The number of ether oxygens (including phenoxy) is 1. The molecule has 1 aromatic rings. The van der Waals surface area contributed by atoms with Gasteiger partial charge in [-0.15, -0.1) is 0 Å². The van der Waals surface area contributed by atoms with Crippen molar-refractivity contribution < 1.29 is 21.9 Å². The third-order valence-corrected chi connectivity index (χ3v) is 5.11. The van der Waals surface area contributed by atoms with Gasteiger partial charge in [-0.1, -0.05) is 11.6 Å². The molecule has 1 heterocycles. The van der Waals surface area contributed by atoms with Crippen LogP contribution >= 0.6 is 11.6 Å². The molecule has 1 aliphatic rings. The Kier molecular flexibility index (Phi) is 5.96. The van der Waals surface area contributed by atoms with Crippen LogP contribution in [0.2, 0.25) is 5.02 Å². The van der Waals surface area contributed by atoms with Crippen molar-refractivity contribution in [3.05, 3.63) is 23.2 Å². The van der Waals surface area contributed by atoms with Gasteiger partial charge >= 0.3 is 6.61 Å². The van der Waals surface area contributed by atoms with Crippen LogP contribution in [0.25, 0.3) is 0 Å². The molecule has 1 atom stereocenters. The third-order valence-electron chi connectivity index (χ3n) is 3.39. The fraction of sp³-hybridized carbons (Fsp3) is 0.538. The van der Waals surface area contributed by atoms with Crippen molar-refractivity contribution in [2.75, 3.05) is 19.6 Å². The summed E-state index contributed by atoms with van der Waals surface area (Å²) < 4.78 is 55.3. The van der Waals surface area contributed by atoms with Crippen molar-refractivity contribution in [1.82, 2.24) is 10.0 Å². The molecule has 2 rings (SSSR count). The minimum atomic E-state index is -3.73. The third kappa shape index (κ3) is 4.77. The highest BCUT2D eigenvalue weighted by atomic mass is 35.5. The Morgan fingerprint density at radius 2 is 2.23 bits per heavy atom. The van der Waals surface area contributed by atoms with Gasteiger partial charge in [0.15, 0.2) is 0 Å². The van der Waals surface area contributed by atoms with Crippen LogP contribution in [0.1, 0.15) is 12.8 Å². The molecule has 0 aromatic heterocycles. The highest BCUT2D eigenvalue weighted by Gasteiger charge is 2.20. The number of halogens is 3. The van der Waals surface area contributed by atoms with Gasteiger partial charge in [-0.3, -0.25) is 0 Å². The van der Waals surface area contributed by atoms with E-state index in [4.69, 9.17) is 11.6 Å². The summed E-state index contributed by atoms with van der Waals surface area (Å²) in [5.41, 5.74) is 0. The summed E-state index contributed by atoms with van der Waals surface area (Å²) in [4.78, 5) is -0.0807. The van der Waals surface area contributed by atoms with E-state index in [9.17, 15) is 17.2 Å². The first kappa shape index (κ1) is 17.4. The average molecular weight is 355 g/mol. The van der Waals surface area contributed by atoms with Crippen LogP contribution in [0.5, 0.6) is 5.75 Å². The van der Waals surface area contributed by atoms with Crippen LogP contribution in [0.15, 0.2) is 23.1 Å². The van der Waals surface area contributed by atoms with Crippen LogP contribution in [0.4, 0.5) is 8.78 Å². The molecule has 0 spiro atoms. The quantitative estimate of drug-likeness (QED) is 0.822. The van der Waals surface area contributed by atoms with Crippen molar-refractivity contribution >= 4 is 21.6 Å². The second-order valence-electron chi connectivity index (χ2n) is 5.04. The van der Waals surface area contributed by atoms with Crippen LogP contribution in [0.3, 0.4) is 0 Å². The molecule has 1 aliphatic heterocycles. The first-order valence-electron chi connectivity index (χ1n) is 6.83. The van der Waals surface area contributed by atoms with Gasteiger partial charge in [0.25, 0.3) is 0 Å². The lowest BCUT2D eigenvalue weighted by Gasteiger charge is -2.22. The van der Waals surface area contributed by atoms with Crippen LogP contribution in [-0.4, -0.2) is 34.7 Å². The predicted octanol–water partition coefficient (Wildman–Crippen LogP) is 2.22. The first-order chi connectivity index (χ1) is 10.4. The van der Waals surface area contributed by atoms with Gasteiger partial charge in [-0.2, -0.15) is 8.78 Å². The maximum Gasteiger partial charge on any atom is 0.387 e. The SMILES string of the molecule is O=S(=O)(NCC1CCCNC1)c1ccc(OC(F)F)c(Cl)c1. The molecule has 9 heteroatoms. The summed E-state index contributed by atoms with van der Waals surface area (Å²) in [5, 5.41) is 3.02. The highest BCUT2D eigenvalue weighted by molar-refractivity contribution is 7.89. The topological polar surface area (TPSA) is 67.4 Å². The number of benzene rings is 1. The second kappa shape index (κ2) is 7.54. The predicted molar refractivity (Wildman–Crippen MR) is 78.9 cm³/mol. The Balaban J connectivity index is 2.03. The van der Waals surface area contributed by atoms with Crippen molar-refractivity contribution in [2.24, 2.45) is 5.92 Å². The molecule has 0 radical (unpaired) electrons. The molecule has 5 nitrogen and oxygen atoms in total. The molecule has 0 amide bonds. The summed E-state index contributed by atoms with van der Waals surface area (Å²) in [6.45, 7) is -0.978. The van der Waals surface area contributed by atoms with E-state index in [-0.39, 0.29) is 21.6 Å². The lowest BCUT2D eigenvalue weighted by atomic mass is 10.0. The van der Waals surface area contributed by atoms with Crippen molar-refractivity contribution in [2.45, 2.75) is 24.3 Å². The fourth-order valence-corrected chi connectivity index (χ4v) is 3.68. The van der Waals surface area contributed by atoms with E-state index in [1.807, 2.05) is 0 Å². The van der Waals surface area contributed by atoms with Gasteiger partial charge in [0, 0.05) is 6.54 Å². The Hall–Kier alpha value is -0.960. The molecule has 1 saturated heterocycles. The molecule has 1 unspecified atom stereocenters. The molecule has 2 N–H and O–H groups in total. The Morgan fingerprint density at radius 1 is 1.45 bits per heavy atom. The molecule has 1 fully saturated rings. The number of alkyl halides is 2. The van der Waals surface area contributed by atoms with Crippen LogP contribution in [-0.2, 0) is 10.0 Å². The lowest BCUT2D eigenvalue weighted by molar-refractivity contribution is -0.0498. The summed E-state index contributed by atoms with van der Waals surface area (Å²) in [6, 6.07) is 3.40. The highest BCUT2D eigenvalue weighted by Crippen LogP contribution is 2.28. The molecule has 1 aromatic carbocycles. The van der Waals surface area contributed by atoms with E-state index < -0.39 is 16.6 Å². The molecular formula is C13H17ClF2N2O3S. The number of hydrogen-bond acceptors (Lipinski definition) is 4. The standard InChI is InChI=1S/C13H17ClF2N2O3S/c14-11-6-10(3-4-12(11)21-13(15)16)22(19,20)18-8-9-2-1-5-17-7-9/h3-4,6,9,13,17-18H,1-2,5,7-8H2. The van der Waals surface area contributed by atoms with Gasteiger partial charge < -0.3 is 10.1 Å². The molecule has 0 saturated carbocycles. The molecule has 0 bridgehead atoms. The zero-order valence-electron chi connectivity index (χ0n) is 11.7. The zero-order valence-corrected chi connectivity index (χ0v) is 13.3. The van der Waals surface area contributed by atoms with E-state index in [0.29, 0.717) is 6.54 Å². The Labute approximate surface area is 133 Å². The minimum Gasteiger partial charge on any atom is -0.433 e. The molecule has 0 aliphatic carbocycles. The van der Waals surface area contributed by atoms with Crippen molar-refractivity contribution in [3.8, 4) is 5.75 Å². The van der Waals surface area contributed by atoms with E-state index in [1.165, 1.54) is 6.07 Å². The molecular weight excluding hydrogens is 338 g/mol. The number of hydrogen-bond donors (Lipinski definition) is 2. The first-order valence-corrected chi connectivity index (χ1v) is 8.69. The minimum absolute atomic E-state index is 0.0807. The van der Waals surface area contributed by atoms with Gasteiger partial charge in [-0.05, 0) is 50.0 Å². The Morgan fingerprint density at radius 3 is 2.82 bits per heavy atom. The Bertz CT molecular complexity index is 607. The number of piperidine rings is 1. The van der Waals surface area contributed by atoms with Gasteiger partial charge in [0.05, 0.1) is 9.92 Å². The van der Waals surface area contributed by atoms with E-state index in [0.717, 1.165) is 38.1 Å². The smallest absolute Gasteiger partial charge is 0.387 e. The maximum absolute atomic E-state index is 12.2. The van der Waals surface area contributed by atoms with E-state index in [2.05, 4.69) is 14.8 Å². The zero-order chi connectivity index (χ0) is 16.2. The average Bonchev–Trinajstić information content (AvgIpc) is 2.48. The summed E-state index contributed by atoms with van der Waals surface area (Å²) in [5.74, 6) is -0.0208. The normalized spacial score (nSPS) is 19.4. The van der Waals surface area contributed by atoms with Crippen LogP contribution < -0.4 is 14.8 Å². The summed E-state index contributed by atoms with van der Waals surface area (Å²) in [7, 11) is -3.73. The van der Waals surface area contributed by atoms with Gasteiger partial charge in [-0.25, -0.2) is 13.1 Å². The van der Waals surface area contributed by atoms with E-state index in [1.54, 1.807) is 0 Å². The summed E-state index contributed by atoms with van der Waals surface area (Å²) >= 11 is 5.77. The number of nitrogens with one attached hydrogen (secondary N) is 2. The lowest BCUT2D eigenvalue weighted by Crippen LogP contribution is -2.38. The van der Waals surface area contributed by atoms with Gasteiger partial charge in [0.2, 0.25) is 10.0 Å². The monoisotopic (exact) mass is 354 g/mol. The van der Waals surface area contributed by atoms with Crippen molar-refractivity contribution in [3.63, 3.8) is 0 Å². The molecule has 22 heavy (non-hydrogen) atoms. The van der Waals surface area contributed by atoms with Crippen LogP contribution in [0, 0.1) is 5.92 Å².